The Morgan fingerprint density at radius 3 is 2.88 bits per heavy atom. The van der Waals surface area contributed by atoms with Crippen molar-refractivity contribution in [2.24, 2.45) is 5.73 Å². The van der Waals surface area contributed by atoms with Crippen LogP contribution in [0.1, 0.15) is 30.7 Å². The van der Waals surface area contributed by atoms with E-state index in [1.807, 2.05) is 18.2 Å². The van der Waals surface area contributed by atoms with Gasteiger partial charge >= 0.3 is 0 Å². The number of nitrogens with two attached hydrogens (primary N) is 1. The molecular weight excluding hydrogens is 236 g/mol. The third kappa shape index (κ3) is 2.99. The Kier molecular flexibility index (Phi) is 4.02. The molecule has 3 N–H and O–H groups in total. The minimum atomic E-state index is -0.285. The minimum absolute atomic E-state index is 0.139. The number of halogens is 1. The van der Waals surface area contributed by atoms with Crippen molar-refractivity contribution >= 4 is 17.5 Å². The highest BCUT2D eigenvalue weighted by Crippen LogP contribution is 2.26. The van der Waals surface area contributed by atoms with E-state index in [1.165, 1.54) is 0 Å². The van der Waals surface area contributed by atoms with Crippen molar-refractivity contribution in [2.45, 2.75) is 31.2 Å². The molecule has 3 nitrogen and oxygen atoms in total. The Labute approximate surface area is 106 Å². The Morgan fingerprint density at radius 1 is 1.47 bits per heavy atom. The van der Waals surface area contributed by atoms with Crippen molar-refractivity contribution in [3.05, 3.63) is 34.9 Å². The third-order valence-electron chi connectivity index (χ3n) is 3.27. The second-order valence-corrected chi connectivity index (χ2v) is 4.93. The maximum Gasteiger partial charge on any atom is 0.226 e. The summed E-state index contributed by atoms with van der Waals surface area (Å²) in [7, 11) is 0. The van der Waals surface area contributed by atoms with Gasteiger partial charge in [0.05, 0.1) is 5.92 Å². The molecule has 0 saturated carbocycles. The molecule has 0 aliphatic carbocycles. The molecule has 1 aliphatic heterocycles. The van der Waals surface area contributed by atoms with E-state index < -0.39 is 0 Å². The first-order valence-electron chi connectivity index (χ1n) is 5.96. The molecule has 1 aromatic rings. The fraction of sp³-hybridized carbons (Fsp3) is 0.462. The van der Waals surface area contributed by atoms with Crippen LogP contribution in [-0.2, 0) is 4.79 Å². The van der Waals surface area contributed by atoms with E-state index in [4.69, 9.17) is 17.3 Å². The van der Waals surface area contributed by atoms with Gasteiger partial charge in [-0.3, -0.25) is 4.79 Å². The van der Waals surface area contributed by atoms with Crippen LogP contribution in [0.3, 0.4) is 0 Å². The van der Waals surface area contributed by atoms with Crippen molar-refractivity contribution in [2.75, 3.05) is 6.54 Å². The molecule has 0 unspecified atom stereocenters. The largest absolute Gasteiger partial charge is 0.369 e. The van der Waals surface area contributed by atoms with Crippen LogP contribution >= 0.6 is 11.6 Å². The molecule has 0 bridgehead atoms. The van der Waals surface area contributed by atoms with Gasteiger partial charge in [0.1, 0.15) is 0 Å². The highest BCUT2D eigenvalue weighted by Gasteiger charge is 2.29. The van der Waals surface area contributed by atoms with Gasteiger partial charge in [0.2, 0.25) is 5.91 Å². The van der Waals surface area contributed by atoms with Crippen LogP contribution < -0.4 is 11.1 Å². The number of primary amides is 1. The van der Waals surface area contributed by atoms with E-state index in [0.29, 0.717) is 5.02 Å². The zero-order valence-corrected chi connectivity index (χ0v) is 10.4. The summed E-state index contributed by atoms with van der Waals surface area (Å²) in [5.41, 5.74) is 6.43. The third-order valence-corrected chi connectivity index (χ3v) is 3.50. The highest BCUT2D eigenvalue weighted by atomic mass is 35.5. The SMILES string of the molecule is NC(=O)[C@H](c1cccc(Cl)c1)[C@H]1CCCCN1. The van der Waals surface area contributed by atoms with Gasteiger partial charge in [0.15, 0.2) is 0 Å². The predicted molar refractivity (Wildman–Crippen MR) is 69.0 cm³/mol. The van der Waals surface area contributed by atoms with Gasteiger partial charge in [-0.15, -0.1) is 0 Å². The van der Waals surface area contributed by atoms with Gasteiger partial charge in [-0.25, -0.2) is 0 Å². The first-order chi connectivity index (χ1) is 8.18. The lowest BCUT2D eigenvalue weighted by molar-refractivity contribution is -0.120. The lowest BCUT2D eigenvalue weighted by atomic mass is 9.86. The minimum Gasteiger partial charge on any atom is -0.369 e. The molecule has 0 spiro atoms. The molecule has 92 valence electrons. The van der Waals surface area contributed by atoms with Crippen molar-refractivity contribution in [3.63, 3.8) is 0 Å². The highest BCUT2D eigenvalue weighted by molar-refractivity contribution is 6.30. The fourth-order valence-corrected chi connectivity index (χ4v) is 2.66. The quantitative estimate of drug-likeness (QED) is 0.865. The number of hydrogen-bond donors (Lipinski definition) is 2. The van der Waals surface area contributed by atoms with Crippen LogP contribution in [0.2, 0.25) is 5.02 Å². The molecule has 1 heterocycles. The zero-order chi connectivity index (χ0) is 12.3. The number of carbonyl (C=O) groups excluding carboxylic acids is 1. The monoisotopic (exact) mass is 252 g/mol. The molecule has 17 heavy (non-hydrogen) atoms. The van der Waals surface area contributed by atoms with Crippen molar-refractivity contribution in [3.8, 4) is 0 Å². The number of carbonyl (C=O) groups is 1. The Bertz CT molecular complexity index is 402. The summed E-state index contributed by atoms with van der Waals surface area (Å²) in [5.74, 6) is -0.569. The van der Waals surface area contributed by atoms with Crippen LogP contribution in [0.15, 0.2) is 24.3 Å². The van der Waals surface area contributed by atoms with Gasteiger partial charge in [-0.05, 0) is 37.1 Å². The summed E-state index contributed by atoms with van der Waals surface area (Å²) in [6, 6.07) is 7.54. The van der Waals surface area contributed by atoms with Crippen molar-refractivity contribution in [1.82, 2.24) is 5.32 Å². The first kappa shape index (κ1) is 12.4. The summed E-state index contributed by atoms with van der Waals surface area (Å²) < 4.78 is 0. The molecule has 1 fully saturated rings. The van der Waals surface area contributed by atoms with Crippen LogP contribution in [0, 0.1) is 0 Å². The lowest BCUT2D eigenvalue weighted by Gasteiger charge is -2.29. The van der Waals surface area contributed by atoms with Crippen molar-refractivity contribution < 1.29 is 4.79 Å². The average Bonchev–Trinajstić information content (AvgIpc) is 2.30. The van der Waals surface area contributed by atoms with Crippen LogP contribution in [-0.4, -0.2) is 18.5 Å². The number of amides is 1. The Balaban J connectivity index is 2.25. The molecule has 1 amide bonds. The summed E-state index contributed by atoms with van der Waals surface area (Å²) in [4.78, 5) is 11.6. The zero-order valence-electron chi connectivity index (χ0n) is 9.66. The molecule has 4 heteroatoms. The van der Waals surface area contributed by atoms with E-state index in [-0.39, 0.29) is 17.9 Å². The standard InChI is InChI=1S/C13H17ClN2O/c14-10-5-3-4-9(8-10)12(13(15)17)11-6-1-2-7-16-11/h3-5,8,11-12,16H,1-2,6-7H2,(H2,15,17)/t11-,12-/m1/s1. The fourth-order valence-electron chi connectivity index (χ4n) is 2.46. The molecule has 1 aromatic carbocycles. The van der Waals surface area contributed by atoms with Gasteiger partial charge in [-0.1, -0.05) is 30.2 Å². The number of benzene rings is 1. The van der Waals surface area contributed by atoms with E-state index in [0.717, 1.165) is 31.4 Å². The van der Waals surface area contributed by atoms with Gasteiger partial charge in [0, 0.05) is 11.1 Å². The van der Waals surface area contributed by atoms with Crippen molar-refractivity contribution in [1.29, 1.82) is 0 Å². The summed E-state index contributed by atoms with van der Waals surface area (Å²) >= 11 is 5.96. The molecule has 0 radical (unpaired) electrons. The average molecular weight is 253 g/mol. The molecule has 2 atom stereocenters. The van der Waals surface area contributed by atoms with Gasteiger partial charge in [-0.2, -0.15) is 0 Å². The molecule has 1 aliphatic rings. The van der Waals surface area contributed by atoms with Crippen LogP contribution in [0.25, 0.3) is 0 Å². The summed E-state index contributed by atoms with van der Waals surface area (Å²) in [6.45, 7) is 0.953. The maximum atomic E-state index is 11.6. The van der Waals surface area contributed by atoms with Gasteiger partial charge < -0.3 is 11.1 Å². The number of nitrogens with one attached hydrogen (secondary N) is 1. The first-order valence-corrected chi connectivity index (χ1v) is 6.34. The molecule has 2 rings (SSSR count). The smallest absolute Gasteiger partial charge is 0.226 e. The predicted octanol–water partition coefficient (Wildman–Crippen LogP) is 2.05. The van der Waals surface area contributed by atoms with Gasteiger partial charge in [0.25, 0.3) is 0 Å². The van der Waals surface area contributed by atoms with E-state index in [2.05, 4.69) is 5.32 Å². The number of hydrogen-bond acceptors (Lipinski definition) is 2. The molecule has 0 aromatic heterocycles. The lowest BCUT2D eigenvalue weighted by Crippen LogP contribution is -2.43. The van der Waals surface area contributed by atoms with Crippen LogP contribution in [0.4, 0.5) is 0 Å². The Morgan fingerprint density at radius 2 is 2.29 bits per heavy atom. The van der Waals surface area contributed by atoms with E-state index >= 15 is 0 Å². The number of piperidine rings is 1. The molecular formula is C13H17ClN2O. The topological polar surface area (TPSA) is 55.1 Å². The second kappa shape index (κ2) is 5.52. The van der Waals surface area contributed by atoms with E-state index in [1.54, 1.807) is 6.07 Å². The number of rotatable bonds is 3. The Hall–Kier alpha value is -1.06. The molecule has 1 saturated heterocycles. The summed E-state index contributed by atoms with van der Waals surface area (Å²) in [5, 5.41) is 4.02. The van der Waals surface area contributed by atoms with Crippen LogP contribution in [0.5, 0.6) is 0 Å². The maximum absolute atomic E-state index is 11.6. The second-order valence-electron chi connectivity index (χ2n) is 4.49. The van der Waals surface area contributed by atoms with E-state index in [9.17, 15) is 4.79 Å². The summed E-state index contributed by atoms with van der Waals surface area (Å²) in [6.07, 6.45) is 3.29. The normalized spacial score (nSPS) is 22.1.